The second kappa shape index (κ2) is 6.49. The van der Waals surface area contributed by atoms with Crippen molar-refractivity contribution in [2.24, 2.45) is 11.8 Å². The number of nitrogens with one attached hydrogen (secondary N) is 1. The molecule has 2 saturated heterocycles. The number of hydrogen-bond acceptors (Lipinski definition) is 3. The number of piperidine rings is 2. The highest BCUT2D eigenvalue weighted by Gasteiger charge is 2.26. The van der Waals surface area contributed by atoms with E-state index in [4.69, 9.17) is 5.10 Å². The monoisotopic (exact) mass is 326 g/mol. The Morgan fingerprint density at radius 2 is 2.04 bits per heavy atom. The van der Waals surface area contributed by atoms with Crippen molar-refractivity contribution >= 4 is 10.9 Å². The number of rotatable bonds is 2. The van der Waals surface area contributed by atoms with Crippen molar-refractivity contribution in [3.8, 4) is 0 Å². The van der Waals surface area contributed by atoms with Crippen LogP contribution in [0.4, 0.5) is 0 Å². The number of hydrogen-bond donors (Lipinski definition) is 1. The Bertz CT molecular complexity index is 699. The summed E-state index contributed by atoms with van der Waals surface area (Å²) in [5.74, 6) is 1.45. The molecule has 3 heterocycles. The highest BCUT2D eigenvalue weighted by Crippen LogP contribution is 2.30. The molecule has 0 spiro atoms. The maximum atomic E-state index is 4.95. The Hall–Kier alpha value is -1.39. The van der Waals surface area contributed by atoms with Gasteiger partial charge in [0, 0.05) is 24.2 Å². The summed E-state index contributed by atoms with van der Waals surface area (Å²) in [6, 6.07) is 7.89. The van der Waals surface area contributed by atoms with Crippen LogP contribution in [0, 0.1) is 11.8 Å². The van der Waals surface area contributed by atoms with E-state index in [1.807, 2.05) is 0 Å². The predicted octanol–water partition coefficient (Wildman–Crippen LogP) is 3.61. The van der Waals surface area contributed by atoms with Gasteiger partial charge in [0.2, 0.25) is 0 Å². The minimum atomic E-state index is 0.498. The van der Waals surface area contributed by atoms with Gasteiger partial charge in [0.25, 0.3) is 0 Å². The third-order valence-electron chi connectivity index (χ3n) is 6.02. The summed E-state index contributed by atoms with van der Waals surface area (Å²) in [5, 5.41) is 9.92. The first kappa shape index (κ1) is 16.1. The second-order valence-electron chi connectivity index (χ2n) is 8.17. The minimum absolute atomic E-state index is 0.498. The van der Waals surface area contributed by atoms with E-state index >= 15 is 0 Å². The topological polar surface area (TPSA) is 33.1 Å². The van der Waals surface area contributed by atoms with Crippen LogP contribution in [0.25, 0.3) is 10.9 Å². The molecule has 2 fully saturated rings. The first-order valence-electron chi connectivity index (χ1n) is 9.51. The second-order valence-corrected chi connectivity index (χ2v) is 8.17. The summed E-state index contributed by atoms with van der Waals surface area (Å²) in [6.07, 6.45) is 6.00. The van der Waals surface area contributed by atoms with E-state index < -0.39 is 0 Å². The maximum absolute atomic E-state index is 4.95. The molecule has 2 aromatic rings. The molecule has 0 bridgehead atoms. The summed E-state index contributed by atoms with van der Waals surface area (Å²) in [7, 11) is 2.22. The average molecular weight is 326 g/mol. The third-order valence-corrected chi connectivity index (χ3v) is 6.02. The SMILES string of the molecule is C[C@H]1CC[C@H](c2ccc3cn([C@@H]4CCN(C)C[C@@H]4C)nc3c2)NC1. The molecule has 0 amide bonds. The summed E-state index contributed by atoms with van der Waals surface area (Å²) in [6.45, 7) is 8.14. The fourth-order valence-electron chi connectivity index (χ4n) is 4.46. The zero-order valence-corrected chi connectivity index (χ0v) is 15.2. The van der Waals surface area contributed by atoms with Crippen molar-refractivity contribution in [1.82, 2.24) is 20.0 Å². The fraction of sp³-hybridized carbons (Fsp3) is 0.650. The molecule has 24 heavy (non-hydrogen) atoms. The Labute approximate surface area is 145 Å². The molecule has 0 aliphatic carbocycles. The Morgan fingerprint density at radius 3 is 2.79 bits per heavy atom. The summed E-state index contributed by atoms with van der Waals surface area (Å²) in [5.41, 5.74) is 2.55. The summed E-state index contributed by atoms with van der Waals surface area (Å²) >= 11 is 0. The van der Waals surface area contributed by atoms with Gasteiger partial charge in [0.15, 0.2) is 0 Å². The van der Waals surface area contributed by atoms with E-state index in [0.717, 1.165) is 24.5 Å². The molecule has 1 N–H and O–H groups in total. The molecule has 4 atom stereocenters. The van der Waals surface area contributed by atoms with Crippen LogP contribution in [0.3, 0.4) is 0 Å². The van der Waals surface area contributed by atoms with Gasteiger partial charge in [-0.15, -0.1) is 0 Å². The largest absolute Gasteiger partial charge is 0.310 e. The van der Waals surface area contributed by atoms with Crippen LogP contribution in [-0.2, 0) is 0 Å². The quantitative estimate of drug-likeness (QED) is 0.915. The Balaban J connectivity index is 1.57. The molecule has 2 aliphatic heterocycles. The van der Waals surface area contributed by atoms with Gasteiger partial charge in [-0.1, -0.05) is 26.0 Å². The number of likely N-dealkylation sites (tertiary alicyclic amines) is 1. The van der Waals surface area contributed by atoms with Gasteiger partial charge in [0.05, 0.1) is 11.6 Å². The lowest BCUT2D eigenvalue weighted by molar-refractivity contribution is 0.151. The molecular weight excluding hydrogens is 296 g/mol. The van der Waals surface area contributed by atoms with Gasteiger partial charge in [-0.25, -0.2) is 0 Å². The molecule has 0 unspecified atom stereocenters. The smallest absolute Gasteiger partial charge is 0.0926 e. The molecule has 1 aromatic carbocycles. The van der Waals surface area contributed by atoms with Crippen molar-refractivity contribution in [3.63, 3.8) is 0 Å². The van der Waals surface area contributed by atoms with E-state index in [-0.39, 0.29) is 0 Å². The van der Waals surface area contributed by atoms with Crippen molar-refractivity contribution in [1.29, 1.82) is 0 Å². The molecule has 0 saturated carbocycles. The minimum Gasteiger partial charge on any atom is -0.310 e. The summed E-state index contributed by atoms with van der Waals surface area (Å²) in [4.78, 5) is 2.43. The lowest BCUT2D eigenvalue weighted by Crippen LogP contribution is -2.37. The first-order valence-corrected chi connectivity index (χ1v) is 9.51. The van der Waals surface area contributed by atoms with E-state index in [1.165, 1.54) is 36.8 Å². The van der Waals surface area contributed by atoms with E-state index in [9.17, 15) is 0 Å². The normalized spacial score (nSPS) is 32.3. The number of benzene rings is 1. The van der Waals surface area contributed by atoms with Crippen LogP contribution in [-0.4, -0.2) is 41.4 Å². The molecule has 4 nitrogen and oxygen atoms in total. The average Bonchev–Trinajstić information content (AvgIpc) is 2.98. The number of nitrogens with zero attached hydrogens (tertiary/aromatic N) is 3. The maximum Gasteiger partial charge on any atom is 0.0926 e. The van der Waals surface area contributed by atoms with Crippen molar-refractivity contribution in [2.45, 2.75) is 45.2 Å². The van der Waals surface area contributed by atoms with Gasteiger partial charge in [-0.05, 0) is 62.9 Å². The molecule has 0 radical (unpaired) electrons. The summed E-state index contributed by atoms with van der Waals surface area (Å²) < 4.78 is 2.24. The molecule has 4 heteroatoms. The number of fused-ring (bicyclic) bond motifs is 1. The highest BCUT2D eigenvalue weighted by atomic mass is 15.3. The standard InChI is InChI=1S/C20H30N4/c1-14-4-7-18(21-11-14)16-5-6-17-13-24(22-19(17)10-16)20-8-9-23(3)12-15(20)2/h5-6,10,13-15,18,20-21H,4,7-9,11-12H2,1-3H3/t14-,15-,18+,20+/m0/s1. The predicted molar refractivity (Wildman–Crippen MR) is 99.2 cm³/mol. The van der Waals surface area contributed by atoms with Crippen molar-refractivity contribution < 1.29 is 0 Å². The van der Waals surface area contributed by atoms with Crippen LogP contribution in [0.1, 0.15) is 50.8 Å². The van der Waals surface area contributed by atoms with Crippen LogP contribution in [0.15, 0.2) is 24.4 Å². The van der Waals surface area contributed by atoms with E-state index in [2.05, 4.69) is 60.2 Å². The van der Waals surface area contributed by atoms with Gasteiger partial charge in [-0.2, -0.15) is 5.10 Å². The highest BCUT2D eigenvalue weighted by molar-refractivity contribution is 5.78. The molecule has 130 valence electrons. The fourth-order valence-corrected chi connectivity index (χ4v) is 4.46. The van der Waals surface area contributed by atoms with Crippen LogP contribution in [0.5, 0.6) is 0 Å². The molecule has 1 aromatic heterocycles. The third kappa shape index (κ3) is 3.09. The lowest BCUT2D eigenvalue weighted by Gasteiger charge is -2.34. The van der Waals surface area contributed by atoms with E-state index in [1.54, 1.807) is 0 Å². The molecule has 2 aliphatic rings. The van der Waals surface area contributed by atoms with Gasteiger partial charge >= 0.3 is 0 Å². The number of aromatic nitrogens is 2. The van der Waals surface area contributed by atoms with Gasteiger partial charge in [-0.3, -0.25) is 4.68 Å². The van der Waals surface area contributed by atoms with Gasteiger partial charge < -0.3 is 10.2 Å². The Kier molecular flexibility index (Phi) is 4.35. The van der Waals surface area contributed by atoms with Crippen molar-refractivity contribution in [3.05, 3.63) is 30.0 Å². The van der Waals surface area contributed by atoms with Gasteiger partial charge in [0.1, 0.15) is 0 Å². The zero-order chi connectivity index (χ0) is 16.7. The molecule has 4 rings (SSSR count). The van der Waals surface area contributed by atoms with Crippen LogP contribution in [0.2, 0.25) is 0 Å². The Morgan fingerprint density at radius 1 is 1.17 bits per heavy atom. The zero-order valence-electron chi connectivity index (χ0n) is 15.2. The lowest BCUT2D eigenvalue weighted by atomic mass is 9.92. The molecular formula is C20H30N4. The van der Waals surface area contributed by atoms with E-state index in [0.29, 0.717) is 18.0 Å². The first-order chi connectivity index (χ1) is 11.6. The van der Waals surface area contributed by atoms with Crippen LogP contribution >= 0.6 is 0 Å². The van der Waals surface area contributed by atoms with Crippen LogP contribution < -0.4 is 5.32 Å². The van der Waals surface area contributed by atoms with Crippen molar-refractivity contribution in [2.75, 3.05) is 26.7 Å².